The number of hydrogen-bond acceptors (Lipinski definition) is 2. The molecular formula is C9H11BrOS. The Labute approximate surface area is 84.9 Å². The van der Waals surface area contributed by atoms with Gasteiger partial charge >= 0.3 is 0 Å². The molecule has 0 aliphatic rings. The standard InChI is InChI=1S/C9H11BrOS/c1-3-6(2)8-4-7(5-11)12-9(8)10/h4-6H,3H2,1-2H3. The molecular weight excluding hydrogens is 236 g/mol. The Morgan fingerprint density at radius 3 is 2.83 bits per heavy atom. The predicted octanol–water partition coefficient (Wildman–Crippen LogP) is 3.84. The third-order valence-electron chi connectivity index (χ3n) is 1.99. The minimum atomic E-state index is 0.532. The first-order valence-corrected chi connectivity index (χ1v) is 5.54. The molecule has 1 nitrogen and oxygen atoms in total. The van der Waals surface area contributed by atoms with Crippen molar-refractivity contribution in [1.29, 1.82) is 0 Å². The van der Waals surface area contributed by atoms with Crippen LogP contribution in [0, 0.1) is 0 Å². The van der Waals surface area contributed by atoms with Crippen LogP contribution in [0.4, 0.5) is 0 Å². The molecule has 0 spiro atoms. The van der Waals surface area contributed by atoms with Crippen molar-refractivity contribution in [3.05, 3.63) is 20.3 Å². The molecule has 0 bridgehead atoms. The van der Waals surface area contributed by atoms with Crippen molar-refractivity contribution >= 4 is 33.6 Å². The number of hydrogen-bond donors (Lipinski definition) is 0. The summed E-state index contributed by atoms with van der Waals surface area (Å²) in [6, 6.07) is 1.97. The minimum Gasteiger partial charge on any atom is -0.297 e. The monoisotopic (exact) mass is 246 g/mol. The zero-order valence-corrected chi connectivity index (χ0v) is 9.54. The fourth-order valence-electron chi connectivity index (χ4n) is 1.02. The zero-order valence-electron chi connectivity index (χ0n) is 7.13. The smallest absolute Gasteiger partial charge is 0.160 e. The normalized spacial score (nSPS) is 12.9. The number of thiophene rings is 1. The highest BCUT2D eigenvalue weighted by Crippen LogP contribution is 2.33. The van der Waals surface area contributed by atoms with E-state index in [0.717, 1.165) is 21.4 Å². The van der Waals surface area contributed by atoms with Crippen LogP contribution < -0.4 is 0 Å². The van der Waals surface area contributed by atoms with Crippen molar-refractivity contribution in [2.24, 2.45) is 0 Å². The van der Waals surface area contributed by atoms with E-state index in [1.807, 2.05) is 6.07 Å². The molecule has 0 aromatic carbocycles. The number of carbonyl (C=O) groups excluding carboxylic acids is 1. The first-order chi connectivity index (χ1) is 5.69. The lowest BCUT2D eigenvalue weighted by Crippen LogP contribution is -1.88. The lowest BCUT2D eigenvalue weighted by Gasteiger charge is -2.05. The summed E-state index contributed by atoms with van der Waals surface area (Å²) in [4.78, 5) is 11.3. The summed E-state index contributed by atoms with van der Waals surface area (Å²) in [6.45, 7) is 4.32. The third kappa shape index (κ3) is 1.96. The van der Waals surface area contributed by atoms with Gasteiger partial charge in [-0.2, -0.15) is 0 Å². The highest BCUT2D eigenvalue weighted by molar-refractivity contribution is 9.11. The van der Waals surface area contributed by atoms with Crippen molar-refractivity contribution in [3.63, 3.8) is 0 Å². The topological polar surface area (TPSA) is 17.1 Å². The summed E-state index contributed by atoms with van der Waals surface area (Å²) in [5, 5.41) is 0. The van der Waals surface area contributed by atoms with E-state index in [9.17, 15) is 4.79 Å². The maximum Gasteiger partial charge on any atom is 0.160 e. The Morgan fingerprint density at radius 1 is 1.75 bits per heavy atom. The molecule has 0 aliphatic carbocycles. The Morgan fingerprint density at radius 2 is 2.42 bits per heavy atom. The van der Waals surface area contributed by atoms with Crippen LogP contribution in [0.25, 0.3) is 0 Å². The zero-order chi connectivity index (χ0) is 9.14. The van der Waals surface area contributed by atoms with Crippen molar-refractivity contribution < 1.29 is 4.79 Å². The Bertz CT molecular complexity index is 280. The molecule has 0 N–H and O–H groups in total. The van der Waals surface area contributed by atoms with Gasteiger partial charge in [0.05, 0.1) is 8.66 Å². The second-order valence-corrected chi connectivity index (χ2v) is 5.21. The van der Waals surface area contributed by atoms with Crippen LogP contribution in [-0.2, 0) is 0 Å². The average molecular weight is 247 g/mol. The second kappa shape index (κ2) is 4.19. The number of rotatable bonds is 3. The van der Waals surface area contributed by atoms with Crippen LogP contribution in [0.3, 0.4) is 0 Å². The summed E-state index contributed by atoms with van der Waals surface area (Å²) < 4.78 is 1.10. The molecule has 1 aromatic rings. The van der Waals surface area contributed by atoms with Gasteiger partial charge in [-0.1, -0.05) is 13.8 Å². The van der Waals surface area contributed by atoms with Crippen molar-refractivity contribution in [2.75, 3.05) is 0 Å². The molecule has 1 heterocycles. The summed E-state index contributed by atoms with van der Waals surface area (Å²) in [5.74, 6) is 0.532. The number of aldehydes is 1. The van der Waals surface area contributed by atoms with E-state index in [1.165, 1.54) is 16.9 Å². The maximum absolute atomic E-state index is 10.5. The van der Waals surface area contributed by atoms with Gasteiger partial charge in [0.25, 0.3) is 0 Å². The van der Waals surface area contributed by atoms with Gasteiger partial charge in [0.15, 0.2) is 6.29 Å². The maximum atomic E-state index is 10.5. The van der Waals surface area contributed by atoms with Crippen LogP contribution in [0.2, 0.25) is 0 Å². The molecule has 0 radical (unpaired) electrons. The van der Waals surface area contributed by atoms with E-state index in [2.05, 4.69) is 29.8 Å². The molecule has 0 amide bonds. The van der Waals surface area contributed by atoms with Gasteiger partial charge in [0, 0.05) is 0 Å². The molecule has 3 heteroatoms. The van der Waals surface area contributed by atoms with E-state index >= 15 is 0 Å². The minimum absolute atomic E-state index is 0.532. The number of halogens is 1. The first-order valence-electron chi connectivity index (χ1n) is 3.93. The summed E-state index contributed by atoms with van der Waals surface area (Å²) in [6.07, 6.45) is 2.01. The van der Waals surface area contributed by atoms with Gasteiger partial charge in [0.2, 0.25) is 0 Å². The molecule has 1 atom stereocenters. The molecule has 0 saturated heterocycles. The fourth-order valence-corrected chi connectivity index (χ4v) is 2.90. The first kappa shape index (κ1) is 9.93. The van der Waals surface area contributed by atoms with Crippen molar-refractivity contribution in [2.45, 2.75) is 26.2 Å². The Kier molecular flexibility index (Phi) is 3.47. The highest BCUT2D eigenvalue weighted by atomic mass is 79.9. The van der Waals surface area contributed by atoms with Gasteiger partial charge in [-0.25, -0.2) is 0 Å². The summed E-state index contributed by atoms with van der Waals surface area (Å²) >= 11 is 4.97. The molecule has 12 heavy (non-hydrogen) atoms. The molecule has 1 rings (SSSR count). The Balaban J connectivity index is 2.98. The van der Waals surface area contributed by atoms with Gasteiger partial charge < -0.3 is 0 Å². The van der Waals surface area contributed by atoms with Crippen molar-refractivity contribution in [1.82, 2.24) is 0 Å². The molecule has 1 aromatic heterocycles. The van der Waals surface area contributed by atoms with Crippen LogP contribution in [-0.4, -0.2) is 6.29 Å². The van der Waals surface area contributed by atoms with Gasteiger partial charge in [-0.15, -0.1) is 11.3 Å². The molecule has 0 saturated carbocycles. The second-order valence-electron chi connectivity index (χ2n) is 2.80. The molecule has 0 fully saturated rings. The van der Waals surface area contributed by atoms with Crippen LogP contribution in [0.5, 0.6) is 0 Å². The van der Waals surface area contributed by atoms with Crippen LogP contribution in [0.15, 0.2) is 9.85 Å². The average Bonchev–Trinajstić information content (AvgIpc) is 2.45. The van der Waals surface area contributed by atoms with Crippen LogP contribution in [0.1, 0.15) is 41.4 Å². The van der Waals surface area contributed by atoms with Crippen LogP contribution >= 0.6 is 27.3 Å². The highest BCUT2D eigenvalue weighted by Gasteiger charge is 2.11. The van der Waals surface area contributed by atoms with Gasteiger partial charge in [0.1, 0.15) is 0 Å². The SMILES string of the molecule is CCC(C)c1cc(C=O)sc1Br. The molecule has 0 aliphatic heterocycles. The summed E-state index contributed by atoms with van der Waals surface area (Å²) in [7, 11) is 0. The van der Waals surface area contributed by atoms with E-state index in [1.54, 1.807) is 0 Å². The van der Waals surface area contributed by atoms with Gasteiger partial charge in [-0.3, -0.25) is 4.79 Å². The predicted molar refractivity (Wildman–Crippen MR) is 56.1 cm³/mol. The van der Waals surface area contributed by atoms with E-state index in [-0.39, 0.29) is 0 Å². The third-order valence-corrected chi connectivity index (χ3v) is 3.80. The largest absolute Gasteiger partial charge is 0.297 e. The lowest BCUT2D eigenvalue weighted by atomic mass is 10.0. The molecule has 1 unspecified atom stereocenters. The summed E-state index contributed by atoms with van der Waals surface area (Å²) in [5.41, 5.74) is 1.25. The quantitative estimate of drug-likeness (QED) is 0.741. The number of carbonyl (C=O) groups is 1. The Hall–Kier alpha value is -0.150. The fraction of sp³-hybridized carbons (Fsp3) is 0.444. The van der Waals surface area contributed by atoms with Crippen molar-refractivity contribution in [3.8, 4) is 0 Å². The van der Waals surface area contributed by atoms with E-state index in [4.69, 9.17) is 0 Å². The van der Waals surface area contributed by atoms with E-state index < -0.39 is 0 Å². The van der Waals surface area contributed by atoms with E-state index in [0.29, 0.717) is 5.92 Å². The van der Waals surface area contributed by atoms with Gasteiger partial charge in [-0.05, 0) is 39.9 Å². The lowest BCUT2D eigenvalue weighted by molar-refractivity contribution is 0.112. The molecule has 66 valence electrons.